The molecule has 2 aromatic carbocycles. The Morgan fingerprint density at radius 3 is 2.61 bits per heavy atom. The van der Waals surface area contributed by atoms with Crippen molar-refractivity contribution >= 4 is 17.6 Å². The highest BCUT2D eigenvalue weighted by molar-refractivity contribution is 6.07. The molecule has 2 saturated heterocycles. The SMILES string of the molecule is CN(Cc1ccccc1N1CCCCC1)CN1C(=O)N[C@@](C)(c2ccc3c(c2)OCO3)C1=O. The lowest BCUT2D eigenvalue weighted by molar-refractivity contribution is -0.132. The summed E-state index contributed by atoms with van der Waals surface area (Å²) in [6, 6.07) is 13.4. The third-order valence-electron chi connectivity index (χ3n) is 6.74. The second-order valence-electron chi connectivity index (χ2n) is 9.19. The van der Waals surface area contributed by atoms with Crippen LogP contribution in [0.1, 0.15) is 37.3 Å². The fraction of sp³-hybridized carbons (Fsp3) is 0.440. The molecule has 5 rings (SSSR count). The summed E-state index contributed by atoms with van der Waals surface area (Å²) in [5, 5.41) is 2.88. The third-order valence-corrected chi connectivity index (χ3v) is 6.74. The molecule has 2 aromatic rings. The minimum atomic E-state index is -1.15. The Labute approximate surface area is 194 Å². The first-order valence-electron chi connectivity index (χ1n) is 11.5. The van der Waals surface area contributed by atoms with E-state index in [2.05, 4.69) is 28.4 Å². The van der Waals surface area contributed by atoms with Gasteiger partial charge in [-0.2, -0.15) is 0 Å². The molecule has 8 heteroatoms. The van der Waals surface area contributed by atoms with Gasteiger partial charge in [-0.3, -0.25) is 9.69 Å². The fourth-order valence-corrected chi connectivity index (χ4v) is 4.90. The molecule has 1 N–H and O–H groups in total. The van der Waals surface area contributed by atoms with E-state index in [0.29, 0.717) is 23.6 Å². The molecule has 0 aliphatic carbocycles. The summed E-state index contributed by atoms with van der Waals surface area (Å²) in [6.45, 7) is 4.88. The Kier molecular flexibility index (Phi) is 5.62. The van der Waals surface area contributed by atoms with Crippen LogP contribution in [0.4, 0.5) is 10.5 Å². The summed E-state index contributed by atoms with van der Waals surface area (Å²) < 4.78 is 10.8. The molecule has 2 fully saturated rings. The Bertz CT molecular complexity index is 1070. The highest BCUT2D eigenvalue weighted by Crippen LogP contribution is 2.38. The maximum Gasteiger partial charge on any atom is 0.326 e. The van der Waals surface area contributed by atoms with Gasteiger partial charge in [0, 0.05) is 25.3 Å². The second kappa shape index (κ2) is 8.59. The molecule has 0 unspecified atom stereocenters. The van der Waals surface area contributed by atoms with Crippen LogP contribution in [0.15, 0.2) is 42.5 Å². The van der Waals surface area contributed by atoms with Gasteiger partial charge in [-0.25, -0.2) is 9.69 Å². The Hall–Kier alpha value is -3.26. The van der Waals surface area contributed by atoms with Gasteiger partial charge < -0.3 is 19.7 Å². The van der Waals surface area contributed by atoms with Crippen LogP contribution >= 0.6 is 0 Å². The Morgan fingerprint density at radius 2 is 1.79 bits per heavy atom. The average molecular weight is 451 g/mol. The number of rotatable bonds is 6. The number of carbonyl (C=O) groups excluding carboxylic acids is 2. The zero-order chi connectivity index (χ0) is 23.0. The van der Waals surface area contributed by atoms with Crippen molar-refractivity contribution in [2.24, 2.45) is 0 Å². The predicted molar refractivity (Wildman–Crippen MR) is 124 cm³/mol. The van der Waals surface area contributed by atoms with Gasteiger partial charge in [0.2, 0.25) is 6.79 Å². The molecule has 0 aromatic heterocycles. The van der Waals surface area contributed by atoms with Crippen molar-refractivity contribution in [1.82, 2.24) is 15.1 Å². The van der Waals surface area contributed by atoms with E-state index in [0.717, 1.165) is 13.1 Å². The van der Waals surface area contributed by atoms with Crippen LogP contribution in [-0.4, -0.2) is 55.3 Å². The van der Waals surface area contributed by atoms with Crippen LogP contribution in [-0.2, 0) is 16.9 Å². The van der Waals surface area contributed by atoms with E-state index in [-0.39, 0.29) is 19.4 Å². The van der Waals surface area contributed by atoms with E-state index in [1.807, 2.05) is 18.0 Å². The van der Waals surface area contributed by atoms with Gasteiger partial charge >= 0.3 is 6.03 Å². The molecule has 3 amide bonds. The van der Waals surface area contributed by atoms with E-state index >= 15 is 0 Å². The van der Waals surface area contributed by atoms with Crippen LogP contribution in [0, 0.1) is 0 Å². The standard InChI is InChI=1S/C25H30N4O4/c1-25(19-10-11-21-22(14-19)33-17-32-21)23(30)29(24(31)26-25)16-27(2)15-18-8-4-5-9-20(18)28-12-6-3-7-13-28/h4-5,8-11,14H,3,6-7,12-13,15-17H2,1-2H3,(H,26,31)/t25-/m0/s1. The van der Waals surface area contributed by atoms with Crippen LogP contribution < -0.4 is 19.7 Å². The number of anilines is 1. The quantitative estimate of drug-likeness (QED) is 0.681. The number of urea groups is 1. The van der Waals surface area contributed by atoms with Crippen LogP contribution in [0.3, 0.4) is 0 Å². The molecule has 3 aliphatic rings. The topological polar surface area (TPSA) is 74.3 Å². The van der Waals surface area contributed by atoms with Gasteiger partial charge in [0.15, 0.2) is 11.5 Å². The number of carbonyl (C=O) groups is 2. The predicted octanol–water partition coefficient (Wildman–Crippen LogP) is 3.26. The van der Waals surface area contributed by atoms with Crippen molar-refractivity contribution in [3.05, 3.63) is 53.6 Å². The van der Waals surface area contributed by atoms with Crippen molar-refractivity contribution < 1.29 is 19.1 Å². The molecule has 3 heterocycles. The molecule has 1 atom stereocenters. The normalized spacial score (nSPS) is 22.3. The third kappa shape index (κ3) is 3.99. The first kappa shape index (κ1) is 21.6. The monoisotopic (exact) mass is 450 g/mol. The molecule has 3 aliphatic heterocycles. The molecular formula is C25H30N4O4. The van der Waals surface area contributed by atoms with Crippen LogP contribution in [0.2, 0.25) is 0 Å². The van der Waals surface area contributed by atoms with Gasteiger partial charge in [-0.1, -0.05) is 24.3 Å². The minimum absolute atomic E-state index is 0.158. The number of piperidine rings is 1. The number of hydrogen-bond donors (Lipinski definition) is 1. The number of hydrogen-bond acceptors (Lipinski definition) is 6. The number of para-hydroxylation sites is 1. The van der Waals surface area contributed by atoms with E-state index in [1.165, 1.54) is 35.4 Å². The second-order valence-corrected chi connectivity index (χ2v) is 9.19. The molecule has 0 saturated carbocycles. The van der Waals surface area contributed by atoms with Gasteiger partial charge in [0.25, 0.3) is 5.91 Å². The Balaban J connectivity index is 1.30. The number of fused-ring (bicyclic) bond motifs is 1. The Morgan fingerprint density at radius 1 is 1.03 bits per heavy atom. The first-order valence-corrected chi connectivity index (χ1v) is 11.5. The van der Waals surface area contributed by atoms with Gasteiger partial charge in [-0.15, -0.1) is 0 Å². The molecule has 0 bridgehead atoms. The van der Waals surface area contributed by atoms with E-state index in [4.69, 9.17) is 9.47 Å². The summed E-state index contributed by atoms with van der Waals surface area (Å²) in [7, 11) is 1.93. The average Bonchev–Trinajstić information content (AvgIpc) is 3.38. The van der Waals surface area contributed by atoms with E-state index < -0.39 is 11.6 Å². The van der Waals surface area contributed by atoms with Crippen LogP contribution in [0.5, 0.6) is 11.5 Å². The highest BCUT2D eigenvalue weighted by Gasteiger charge is 2.49. The summed E-state index contributed by atoms with van der Waals surface area (Å²) in [5.74, 6) is 0.950. The minimum Gasteiger partial charge on any atom is -0.454 e. The summed E-state index contributed by atoms with van der Waals surface area (Å²) in [4.78, 5) is 31.9. The highest BCUT2D eigenvalue weighted by atomic mass is 16.7. The molecule has 8 nitrogen and oxygen atoms in total. The van der Waals surface area contributed by atoms with Crippen molar-refractivity contribution in [3.8, 4) is 11.5 Å². The molecule has 174 valence electrons. The maximum absolute atomic E-state index is 13.4. The molecular weight excluding hydrogens is 420 g/mol. The summed E-state index contributed by atoms with van der Waals surface area (Å²) in [5.41, 5.74) is 1.97. The molecule has 0 radical (unpaired) electrons. The largest absolute Gasteiger partial charge is 0.454 e. The van der Waals surface area contributed by atoms with Crippen LogP contribution in [0.25, 0.3) is 0 Å². The number of benzene rings is 2. The smallest absolute Gasteiger partial charge is 0.326 e. The fourth-order valence-electron chi connectivity index (χ4n) is 4.90. The van der Waals surface area contributed by atoms with Gasteiger partial charge in [0.1, 0.15) is 5.54 Å². The molecule has 0 spiro atoms. The van der Waals surface area contributed by atoms with Crippen molar-refractivity contribution in [1.29, 1.82) is 0 Å². The zero-order valence-electron chi connectivity index (χ0n) is 19.2. The molecule has 33 heavy (non-hydrogen) atoms. The van der Waals surface area contributed by atoms with E-state index in [1.54, 1.807) is 25.1 Å². The zero-order valence-corrected chi connectivity index (χ0v) is 19.2. The lowest BCUT2D eigenvalue weighted by Crippen LogP contribution is -2.43. The number of amides is 3. The van der Waals surface area contributed by atoms with Gasteiger partial charge in [-0.05, 0) is 62.6 Å². The summed E-state index contributed by atoms with van der Waals surface area (Å²) >= 11 is 0. The number of nitrogens with zero attached hydrogens (tertiary/aromatic N) is 3. The number of nitrogens with one attached hydrogen (secondary N) is 1. The van der Waals surface area contributed by atoms with E-state index in [9.17, 15) is 9.59 Å². The number of ether oxygens (including phenoxy) is 2. The summed E-state index contributed by atoms with van der Waals surface area (Å²) in [6.07, 6.45) is 3.71. The van der Waals surface area contributed by atoms with Crippen molar-refractivity contribution in [2.45, 2.75) is 38.3 Å². The maximum atomic E-state index is 13.4. The van der Waals surface area contributed by atoms with Crippen molar-refractivity contribution in [3.63, 3.8) is 0 Å². The first-order chi connectivity index (χ1) is 16.0. The lowest BCUT2D eigenvalue weighted by atomic mass is 9.92. The van der Waals surface area contributed by atoms with Gasteiger partial charge in [0.05, 0.1) is 6.67 Å². The lowest BCUT2D eigenvalue weighted by Gasteiger charge is -2.32. The number of imide groups is 1. The van der Waals surface area contributed by atoms with Crippen molar-refractivity contribution in [2.75, 3.05) is 38.5 Å².